The fourth-order valence-electron chi connectivity index (χ4n) is 3.97. The first-order valence-corrected chi connectivity index (χ1v) is 10.0. The number of carbonyl (C=O) groups excluding carboxylic acids is 2. The molecule has 0 unspecified atom stereocenters. The largest absolute Gasteiger partial charge is 0.495 e. The van der Waals surface area contributed by atoms with Gasteiger partial charge in [0.05, 0.1) is 18.5 Å². The minimum atomic E-state index is -0.253. The van der Waals surface area contributed by atoms with E-state index in [1.54, 1.807) is 33.9 Å². The number of para-hydroxylation sites is 3. The summed E-state index contributed by atoms with van der Waals surface area (Å²) < 4.78 is 19.3. The van der Waals surface area contributed by atoms with E-state index in [0.717, 1.165) is 0 Å². The van der Waals surface area contributed by atoms with E-state index < -0.39 is 0 Å². The fraction of sp³-hybridized carbons (Fsp3) is 0.364. The Labute approximate surface area is 175 Å². The maximum absolute atomic E-state index is 14.0. The van der Waals surface area contributed by atoms with Crippen LogP contribution < -0.4 is 14.5 Å². The van der Waals surface area contributed by atoms with Gasteiger partial charge in [0, 0.05) is 39.3 Å². The summed E-state index contributed by atoms with van der Waals surface area (Å²) in [6.07, 6.45) is 0. The van der Waals surface area contributed by atoms with Crippen molar-refractivity contribution in [3.63, 3.8) is 0 Å². The summed E-state index contributed by atoms with van der Waals surface area (Å²) >= 11 is 0. The molecule has 2 aromatic rings. The number of carbonyl (C=O) groups is 2. The molecular formula is C22H25FN4O3. The predicted octanol–water partition coefficient (Wildman–Crippen LogP) is 2.43. The lowest BCUT2D eigenvalue weighted by Gasteiger charge is -2.36. The lowest BCUT2D eigenvalue weighted by Crippen LogP contribution is -2.51. The van der Waals surface area contributed by atoms with E-state index in [4.69, 9.17) is 4.74 Å². The van der Waals surface area contributed by atoms with Gasteiger partial charge >= 0.3 is 6.03 Å². The van der Waals surface area contributed by atoms with Crippen LogP contribution in [0.25, 0.3) is 0 Å². The molecule has 2 saturated heterocycles. The highest BCUT2D eigenvalue weighted by atomic mass is 19.1. The standard InChI is InChI=1S/C22H25FN4O3/c1-30-20-9-5-4-8-19(20)27-15-14-26(22(27)29)16-21(28)25-12-10-24(11-13-25)18-7-3-2-6-17(18)23/h2-9H,10-16H2,1H3. The van der Waals surface area contributed by atoms with Crippen molar-refractivity contribution in [2.75, 3.05) is 62.7 Å². The first kappa shape index (κ1) is 20.0. The number of hydrogen-bond acceptors (Lipinski definition) is 4. The number of piperazine rings is 1. The third-order valence-electron chi connectivity index (χ3n) is 5.62. The number of nitrogens with zero attached hydrogens (tertiary/aromatic N) is 4. The minimum absolute atomic E-state index is 0.0458. The van der Waals surface area contributed by atoms with Crippen LogP contribution in [0.4, 0.5) is 20.6 Å². The Bertz CT molecular complexity index is 930. The summed E-state index contributed by atoms with van der Waals surface area (Å²) in [6.45, 7) is 3.17. The number of urea groups is 1. The number of anilines is 2. The van der Waals surface area contributed by atoms with Crippen LogP contribution in [0.5, 0.6) is 5.75 Å². The first-order valence-electron chi connectivity index (χ1n) is 10.0. The van der Waals surface area contributed by atoms with Gasteiger partial charge in [-0.1, -0.05) is 24.3 Å². The Morgan fingerprint density at radius 3 is 2.30 bits per heavy atom. The number of amides is 3. The second-order valence-electron chi connectivity index (χ2n) is 7.35. The van der Waals surface area contributed by atoms with Crippen LogP contribution in [0.1, 0.15) is 0 Å². The third-order valence-corrected chi connectivity index (χ3v) is 5.62. The molecule has 0 atom stereocenters. The number of methoxy groups -OCH3 is 1. The normalized spacial score (nSPS) is 16.9. The van der Waals surface area contributed by atoms with Gasteiger partial charge in [0.15, 0.2) is 0 Å². The van der Waals surface area contributed by atoms with Gasteiger partial charge in [-0.3, -0.25) is 9.69 Å². The molecule has 7 nitrogen and oxygen atoms in total. The van der Waals surface area contributed by atoms with Crippen molar-refractivity contribution in [3.05, 3.63) is 54.3 Å². The molecule has 0 spiro atoms. The molecule has 0 radical (unpaired) electrons. The van der Waals surface area contributed by atoms with Gasteiger partial charge in [-0.15, -0.1) is 0 Å². The van der Waals surface area contributed by atoms with E-state index in [1.807, 2.05) is 35.2 Å². The molecule has 0 saturated carbocycles. The lowest BCUT2D eigenvalue weighted by molar-refractivity contribution is -0.131. The summed E-state index contributed by atoms with van der Waals surface area (Å²) in [7, 11) is 1.57. The van der Waals surface area contributed by atoms with Crippen LogP contribution in [0.15, 0.2) is 48.5 Å². The summed E-state index contributed by atoms with van der Waals surface area (Å²) in [5.74, 6) is 0.290. The summed E-state index contributed by atoms with van der Waals surface area (Å²) in [6, 6.07) is 13.8. The Kier molecular flexibility index (Phi) is 5.74. The molecular weight excluding hydrogens is 387 g/mol. The van der Waals surface area contributed by atoms with Crippen molar-refractivity contribution in [2.45, 2.75) is 0 Å². The Balaban J connectivity index is 1.34. The van der Waals surface area contributed by atoms with Crippen LogP contribution in [0.2, 0.25) is 0 Å². The molecule has 158 valence electrons. The van der Waals surface area contributed by atoms with Gasteiger partial charge in [0.2, 0.25) is 5.91 Å². The van der Waals surface area contributed by atoms with Gasteiger partial charge in [0.25, 0.3) is 0 Å². The Hall–Kier alpha value is -3.29. The quantitative estimate of drug-likeness (QED) is 0.757. The average Bonchev–Trinajstić information content (AvgIpc) is 3.14. The predicted molar refractivity (Wildman–Crippen MR) is 113 cm³/mol. The highest BCUT2D eigenvalue weighted by Crippen LogP contribution is 2.30. The van der Waals surface area contributed by atoms with Gasteiger partial charge in [-0.2, -0.15) is 0 Å². The van der Waals surface area contributed by atoms with E-state index >= 15 is 0 Å². The molecule has 2 aliphatic heterocycles. The monoisotopic (exact) mass is 412 g/mol. The molecule has 2 aromatic carbocycles. The first-order chi connectivity index (χ1) is 14.6. The maximum Gasteiger partial charge on any atom is 0.325 e. The number of hydrogen-bond donors (Lipinski definition) is 0. The number of halogens is 1. The zero-order valence-electron chi connectivity index (χ0n) is 17.0. The molecule has 0 aromatic heterocycles. The molecule has 0 bridgehead atoms. The molecule has 2 heterocycles. The zero-order valence-corrected chi connectivity index (χ0v) is 17.0. The Morgan fingerprint density at radius 1 is 0.933 bits per heavy atom. The van der Waals surface area contributed by atoms with Gasteiger partial charge < -0.3 is 19.4 Å². The van der Waals surface area contributed by atoms with Crippen LogP contribution in [0, 0.1) is 5.82 Å². The highest BCUT2D eigenvalue weighted by Gasteiger charge is 2.33. The molecule has 30 heavy (non-hydrogen) atoms. The molecule has 0 aliphatic carbocycles. The van der Waals surface area contributed by atoms with Crippen molar-refractivity contribution in [3.8, 4) is 5.75 Å². The second kappa shape index (κ2) is 8.61. The fourth-order valence-corrected chi connectivity index (χ4v) is 3.97. The van der Waals surface area contributed by atoms with E-state index in [9.17, 15) is 14.0 Å². The van der Waals surface area contributed by atoms with E-state index in [0.29, 0.717) is 56.4 Å². The van der Waals surface area contributed by atoms with Crippen molar-refractivity contribution in [1.29, 1.82) is 0 Å². The van der Waals surface area contributed by atoms with Crippen molar-refractivity contribution in [2.24, 2.45) is 0 Å². The average molecular weight is 412 g/mol. The van der Waals surface area contributed by atoms with Crippen molar-refractivity contribution in [1.82, 2.24) is 9.80 Å². The lowest BCUT2D eigenvalue weighted by atomic mass is 10.2. The topological polar surface area (TPSA) is 56.3 Å². The highest BCUT2D eigenvalue weighted by molar-refractivity contribution is 5.97. The van der Waals surface area contributed by atoms with Gasteiger partial charge in [0.1, 0.15) is 18.1 Å². The number of benzene rings is 2. The van der Waals surface area contributed by atoms with E-state index in [1.165, 1.54) is 6.07 Å². The van der Waals surface area contributed by atoms with Crippen molar-refractivity contribution < 1.29 is 18.7 Å². The minimum Gasteiger partial charge on any atom is -0.495 e. The van der Waals surface area contributed by atoms with Crippen LogP contribution in [-0.4, -0.2) is 74.7 Å². The van der Waals surface area contributed by atoms with Crippen LogP contribution >= 0.6 is 0 Å². The zero-order chi connectivity index (χ0) is 21.1. The molecule has 3 amide bonds. The molecule has 2 aliphatic rings. The molecule has 0 N–H and O–H groups in total. The van der Waals surface area contributed by atoms with Crippen molar-refractivity contribution >= 4 is 23.3 Å². The van der Waals surface area contributed by atoms with Crippen LogP contribution in [-0.2, 0) is 4.79 Å². The third kappa shape index (κ3) is 3.90. The summed E-state index contributed by atoms with van der Waals surface area (Å²) in [5, 5.41) is 0. The summed E-state index contributed by atoms with van der Waals surface area (Å²) in [4.78, 5) is 32.5. The van der Waals surface area contributed by atoms with Gasteiger partial charge in [-0.25, -0.2) is 9.18 Å². The van der Waals surface area contributed by atoms with E-state index in [2.05, 4.69) is 0 Å². The van der Waals surface area contributed by atoms with E-state index in [-0.39, 0.29) is 24.3 Å². The number of ether oxygens (including phenoxy) is 1. The molecule has 4 rings (SSSR count). The van der Waals surface area contributed by atoms with Crippen LogP contribution in [0.3, 0.4) is 0 Å². The summed E-state index contributed by atoms with van der Waals surface area (Å²) in [5.41, 5.74) is 1.27. The molecule has 8 heteroatoms. The SMILES string of the molecule is COc1ccccc1N1CCN(CC(=O)N2CCN(c3ccccc3F)CC2)C1=O. The smallest absolute Gasteiger partial charge is 0.325 e. The molecule has 2 fully saturated rings. The maximum atomic E-state index is 14.0. The Morgan fingerprint density at radius 2 is 1.60 bits per heavy atom. The van der Waals surface area contributed by atoms with Gasteiger partial charge in [-0.05, 0) is 24.3 Å². The number of rotatable bonds is 5. The second-order valence-corrected chi connectivity index (χ2v) is 7.35.